The molecule has 0 radical (unpaired) electrons. The summed E-state index contributed by atoms with van der Waals surface area (Å²) in [6, 6.07) is 13.4. The van der Waals surface area contributed by atoms with Gasteiger partial charge in [0.05, 0.1) is 43.8 Å². The fourth-order valence-electron chi connectivity index (χ4n) is 4.99. The van der Waals surface area contributed by atoms with Crippen molar-refractivity contribution in [2.75, 3.05) is 63.7 Å². The van der Waals surface area contributed by atoms with E-state index in [1.165, 1.54) is 4.57 Å². The van der Waals surface area contributed by atoms with E-state index in [1.54, 1.807) is 37.3 Å². The summed E-state index contributed by atoms with van der Waals surface area (Å²) in [5.41, 5.74) is 2.46. The number of rotatable bonds is 8. The maximum absolute atomic E-state index is 13.5. The molecular formula is C29H34F3N5O2S. The maximum atomic E-state index is 13.5. The monoisotopic (exact) mass is 573 g/mol. The summed E-state index contributed by atoms with van der Waals surface area (Å²) >= 11 is 1.66. The third-order valence-corrected chi connectivity index (χ3v) is 8.03. The van der Waals surface area contributed by atoms with Gasteiger partial charge in [-0.1, -0.05) is 12.0 Å². The van der Waals surface area contributed by atoms with Gasteiger partial charge in [0.15, 0.2) is 0 Å². The molecule has 2 saturated heterocycles. The van der Waals surface area contributed by atoms with Crippen LogP contribution in [0.4, 0.5) is 24.5 Å². The predicted octanol–water partition coefficient (Wildman–Crippen LogP) is 5.18. The number of halogens is 3. The molecule has 0 saturated carbocycles. The lowest BCUT2D eigenvalue weighted by Gasteiger charge is -2.25. The van der Waals surface area contributed by atoms with Gasteiger partial charge in [-0.3, -0.25) is 0 Å². The van der Waals surface area contributed by atoms with Crippen LogP contribution >= 0.6 is 11.9 Å². The molecule has 3 aromatic rings. The molecule has 3 heterocycles. The van der Waals surface area contributed by atoms with E-state index < -0.39 is 12.7 Å². The van der Waals surface area contributed by atoms with E-state index in [2.05, 4.69) is 32.1 Å². The van der Waals surface area contributed by atoms with E-state index in [0.29, 0.717) is 17.0 Å². The number of ether oxygens (including phenoxy) is 2. The number of fused-ring (bicyclic) bond motifs is 1. The van der Waals surface area contributed by atoms with Crippen molar-refractivity contribution in [2.45, 2.75) is 36.5 Å². The zero-order chi connectivity index (χ0) is 28.0. The average Bonchev–Trinajstić information content (AvgIpc) is 3.29. The van der Waals surface area contributed by atoms with Crippen LogP contribution in [0.15, 0.2) is 47.4 Å². The molecule has 2 aliphatic rings. The van der Waals surface area contributed by atoms with Crippen molar-refractivity contribution in [1.82, 2.24) is 14.2 Å². The van der Waals surface area contributed by atoms with Crippen LogP contribution in [0.5, 0.6) is 5.75 Å². The normalized spacial score (nSPS) is 16.9. The highest BCUT2D eigenvalue weighted by molar-refractivity contribution is 7.97. The van der Waals surface area contributed by atoms with Crippen LogP contribution in [0.2, 0.25) is 0 Å². The van der Waals surface area contributed by atoms with Gasteiger partial charge in [0, 0.05) is 35.1 Å². The van der Waals surface area contributed by atoms with Crippen molar-refractivity contribution in [2.24, 2.45) is 0 Å². The zero-order valence-electron chi connectivity index (χ0n) is 22.4. The second kappa shape index (κ2) is 13.1. The minimum Gasteiger partial charge on any atom is -0.495 e. The molecule has 2 aromatic carbocycles. The maximum Gasteiger partial charge on any atom is 0.406 e. The number of hydrogen-bond donors (Lipinski definition) is 3. The predicted molar refractivity (Wildman–Crippen MR) is 154 cm³/mol. The van der Waals surface area contributed by atoms with Crippen LogP contribution in [0.25, 0.3) is 10.9 Å². The first-order valence-corrected chi connectivity index (χ1v) is 14.2. The third kappa shape index (κ3) is 7.37. The molecule has 0 bridgehead atoms. The first kappa shape index (κ1) is 28.5. The Kier molecular flexibility index (Phi) is 9.32. The van der Waals surface area contributed by atoms with Crippen LogP contribution in [0.1, 0.15) is 18.5 Å². The molecule has 0 spiro atoms. The summed E-state index contributed by atoms with van der Waals surface area (Å²) < 4.78 is 55.1. The summed E-state index contributed by atoms with van der Waals surface area (Å²) in [5.74, 6) is 6.67. The van der Waals surface area contributed by atoms with Gasteiger partial charge in [0.2, 0.25) is 0 Å². The van der Waals surface area contributed by atoms with E-state index >= 15 is 0 Å². The summed E-state index contributed by atoms with van der Waals surface area (Å²) in [7, 11) is 1.61. The highest BCUT2D eigenvalue weighted by Crippen LogP contribution is 2.33. The second-order valence-electron chi connectivity index (χ2n) is 9.79. The largest absolute Gasteiger partial charge is 0.495 e. The number of morpholine rings is 1. The van der Waals surface area contributed by atoms with Crippen LogP contribution in [-0.4, -0.2) is 74.1 Å². The van der Waals surface area contributed by atoms with Crippen molar-refractivity contribution < 1.29 is 22.6 Å². The Balaban J connectivity index is 1.32. The number of anilines is 2. The Morgan fingerprint density at radius 2 is 1.90 bits per heavy atom. The van der Waals surface area contributed by atoms with Crippen LogP contribution < -0.4 is 20.7 Å². The standard InChI is InChI=1S/C29H34F3N5O2S/c1-38-28-19-23(40-36-14-16-39-17-15-36)7-8-26(28)34-11-3-4-22-18-24-25(35-21-9-12-33-13-10-21)5-2-6-27(24)37(22)20-29(30,31)32/h2,5-8,18-19,21,33-35H,9-17,20H2,1H3. The fraction of sp³-hybridized carbons (Fsp3) is 0.448. The number of piperidine rings is 1. The molecule has 214 valence electrons. The van der Waals surface area contributed by atoms with Gasteiger partial charge in [-0.05, 0) is 80.2 Å². The molecular weight excluding hydrogens is 539 g/mol. The van der Waals surface area contributed by atoms with Crippen LogP contribution in [0.3, 0.4) is 0 Å². The highest BCUT2D eigenvalue weighted by atomic mass is 32.2. The van der Waals surface area contributed by atoms with Gasteiger partial charge in [-0.15, -0.1) is 0 Å². The molecule has 0 unspecified atom stereocenters. The number of nitrogens with zero attached hydrogens (tertiary/aromatic N) is 2. The van der Waals surface area contributed by atoms with E-state index in [9.17, 15) is 13.2 Å². The summed E-state index contributed by atoms with van der Waals surface area (Å²) in [4.78, 5) is 1.06. The molecule has 1 aromatic heterocycles. The first-order chi connectivity index (χ1) is 19.4. The van der Waals surface area contributed by atoms with Gasteiger partial charge in [-0.2, -0.15) is 13.2 Å². The number of methoxy groups -OCH3 is 1. The number of aromatic nitrogens is 1. The van der Waals surface area contributed by atoms with E-state index in [4.69, 9.17) is 9.47 Å². The van der Waals surface area contributed by atoms with E-state index in [1.807, 2.05) is 24.3 Å². The zero-order valence-corrected chi connectivity index (χ0v) is 23.3. The topological polar surface area (TPSA) is 62.7 Å². The Labute approximate surface area is 236 Å². The van der Waals surface area contributed by atoms with Gasteiger partial charge < -0.3 is 30.0 Å². The second-order valence-corrected chi connectivity index (χ2v) is 11.0. The number of hydrogen-bond acceptors (Lipinski definition) is 7. The van der Waals surface area contributed by atoms with Gasteiger partial charge in [-0.25, -0.2) is 4.31 Å². The van der Waals surface area contributed by atoms with Crippen molar-refractivity contribution in [1.29, 1.82) is 0 Å². The molecule has 0 atom stereocenters. The SMILES string of the molecule is COc1cc(SN2CCOCC2)ccc1NCC#Cc1cc2c(NC3CCNCC3)cccc2n1CC(F)(F)F. The van der Waals surface area contributed by atoms with Crippen molar-refractivity contribution in [3.05, 3.63) is 48.2 Å². The summed E-state index contributed by atoms with van der Waals surface area (Å²) in [6.45, 7) is 4.17. The minimum atomic E-state index is -4.37. The fourth-order valence-corrected chi connectivity index (χ4v) is 5.90. The smallest absolute Gasteiger partial charge is 0.406 e. The van der Waals surface area contributed by atoms with Crippen molar-refractivity contribution in [3.63, 3.8) is 0 Å². The minimum absolute atomic E-state index is 0.250. The van der Waals surface area contributed by atoms with Crippen molar-refractivity contribution >= 4 is 34.2 Å². The van der Waals surface area contributed by atoms with Gasteiger partial charge >= 0.3 is 6.18 Å². The van der Waals surface area contributed by atoms with Crippen LogP contribution in [-0.2, 0) is 11.3 Å². The lowest BCUT2D eigenvalue weighted by molar-refractivity contribution is -0.140. The number of nitrogens with one attached hydrogen (secondary N) is 3. The third-order valence-electron chi connectivity index (χ3n) is 6.94. The number of alkyl halides is 3. The Morgan fingerprint density at radius 1 is 1.10 bits per heavy atom. The first-order valence-electron chi connectivity index (χ1n) is 13.5. The molecule has 0 amide bonds. The quantitative estimate of drug-likeness (QED) is 0.254. The molecule has 3 N–H and O–H groups in total. The molecule has 40 heavy (non-hydrogen) atoms. The van der Waals surface area contributed by atoms with Gasteiger partial charge in [0.25, 0.3) is 0 Å². The Bertz CT molecular complexity index is 1360. The number of benzene rings is 2. The summed E-state index contributed by atoms with van der Waals surface area (Å²) in [5, 5.41) is 10.9. The lowest BCUT2D eigenvalue weighted by Crippen LogP contribution is -2.35. The molecule has 11 heteroatoms. The molecule has 7 nitrogen and oxygen atoms in total. The summed E-state index contributed by atoms with van der Waals surface area (Å²) in [6.07, 6.45) is -2.43. The van der Waals surface area contributed by atoms with Crippen LogP contribution in [0, 0.1) is 11.8 Å². The van der Waals surface area contributed by atoms with E-state index in [-0.39, 0.29) is 12.6 Å². The van der Waals surface area contributed by atoms with Crippen molar-refractivity contribution in [3.8, 4) is 17.6 Å². The van der Waals surface area contributed by atoms with Gasteiger partial charge in [0.1, 0.15) is 12.3 Å². The molecule has 2 aliphatic heterocycles. The molecule has 5 rings (SSSR count). The molecule has 2 fully saturated rings. The highest BCUT2D eigenvalue weighted by Gasteiger charge is 2.30. The Hall–Kier alpha value is -3.04. The van der Waals surface area contributed by atoms with E-state index in [0.717, 1.165) is 73.9 Å². The lowest BCUT2D eigenvalue weighted by atomic mass is 10.1. The molecule has 0 aliphatic carbocycles. The Morgan fingerprint density at radius 3 is 2.65 bits per heavy atom. The average molecular weight is 574 g/mol.